The highest BCUT2D eigenvalue weighted by Gasteiger charge is 2.36. The molecule has 1 atom stereocenters. The number of aryl methyl sites for hydroxylation is 1. The second kappa shape index (κ2) is 11.3. The Morgan fingerprint density at radius 3 is 2.43 bits per heavy atom. The predicted octanol–water partition coefficient (Wildman–Crippen LogP) is 4.51. The van der Waals surface area contributed by atoms with E-state index in [1.807, 2.05) is 43.3 Å². The number of carbonyl (C=O) groups excluding carboxylic acids is 2. The molecule has 4 aromatic carbocycles. The first-order chi connectivity index (χ1) is 20.3. The summed E-state index contributed by atoms with van der Waals surface area (Å²) < 4.78 is 34.1. The summed E-state index contributed by atoms with van der Waals surface area (Å²) in [6, 6.07) is 28.9. The summed E-state index contributed by atoms with van der Waals surface area (Å²) in [7, 11) is -3.73. The summed E-state index contributed by atoms with van der Waals surface area (Å²) >= 11 is 0. The van der Waals surface area contributed by atoms with Crippen LogP contribution in [0.4, 0.5) is 11.4 Å². The third-order valence-electron chi connectivity index (χ3n) is 7.66. The van der Waals surface area contributed by atoms with E-state index in [9.17, 15) is 18.0 Å². The Labute approximate surface area is 245 Å². The number of benzene rings is 4. The zero-order valence-electron chi connectivity index (χ0n) is 23.2. The van der Waals surface area contributed by atoms with Crippen molar-refractivity contribution in [2.24, 2.45) is 0 Å². The van der Waals surface area contributed by atoms with Gasteiger partial charge in [0.05, 0.1) is 22.8 Å². The maximum Gasteiger partial charge on any atom is 0.264 e. The van der Waals surface area contributed by atoms with Gasteiger partial charge in [-0.15, -0.1) is 0 Å². The van der Waals surface area contributed by atoms with Crippen molar-refractivity contribution in [2.45, 2.75) is 30.8 Å². The molecular formula is C33H31N3O5S. The average Bonchev–Trinajstić information content (AvgIpc) is 3.45. The number of sulfonamides is 1. The third-order valence-corrected chi connectivity index (χ3v) is 9.48. The minimum atomic E-state index is -3.73. The minimum Gasteiger partial charge on any atom is -0.477 e. The summed E-state index contributed by atoms with van der Waals surface area (Å²) in [6.45, 7) is 2.71. The van der Waals surface area contributed by atoms with Crippen LogP contribution in [-0.4, -0.2) is 46.0 Å². The fraction of sp³-hybridized carbons (Fsp3) is 0.212. The lowest BCUT2D eigenvalue weighted by Gasteiger charge is -2.34. The molecule has 8 nitrogen and oxygen atoms in total. The van der Waals surface area contributed by atoms with E-state index in [0.29, 0.717) is 48.6 Å². The molecule has 0 fully saturated rings. The molecule has 9 heteroatoms. The highest BCUT2D eigenvalue weighted by molar-refractivity contribution is 7.92. The molecule has 1 unspecified atom stereocenters. The van der Waals surface area contributed by atoms with Crippen LogP contribution in [0, 0.1) is 6.92 Å². The maximum atomic E-state index is 13.9. The molecule has 6 rings (SSSR count). The lowest BCUT2D eigenvalue weighted by atomic mass is 10.1. The van der Waals surface area contributed by atoms with Crippen molar-refractivity contribution in [3.63, 3.8) is 0 Å². The first kappa shape index (κ1) is 27.5. The van der Waals surface area contributed by atoms with Crippen LogP contribution in [0.25, 0.3) is 0 Å². The number of fused-ring (bicyclic) bond motifs is 2. The molecule has 4 aromatic rings. The van der Waals surface area contributed by atoms with E-state index in [4.69, 9.17) is 4.74 Å². The molecule has 0 saturated carbocycles. The molecule has 2 amide bonds. The van der Waals surface area contributed by atoms with Crippen LogP contribution in [0.2, 0.25) is 0 Å². The van der Waals surface area contributed by atoms with Crippen LogP contribution in [0.3, 0.4) is 0 Å². The Kier molecular flexibility index (Phi) is 7.43. The molecule has 0 aliphatic carbocycles. The number of nitrogens with zero attached hydrogens (tertiary/aromatic N) is 2. The van der Waals surface area contributed by atoms with Gasteiger partial charge < -0.3 is 15.0 Å². The molecule has 0 radical (unpaired) electrons. The molecule has 0 bridgehead atoms. The Balaban J connectivity index is 1.20. The van der Waals surface area contributed by atoms with Crippen LogP contribution in [0.15, 0.2) is 102 Å². The van der Waals surface area contributed by atoms with E-state index in [2.05, 4.69) is 5.32 Å². The standard InChI is InChI=1S/C33H31N3O5S/c1-23-11-14-27(15-12-23)42(39,40)36-20-18-25-21-26(13-16-28(25)36)33(38)35-22-31(41-30-10-6-5-9-29(30)35)32(37)34-19-17-24-7-3-2-4-8-24/h2-16,21,31H,17-20,22H2,1H3,(H,34,37). The second-order valence-electron chi connectivity index (χ2n) is 10.5. The van der Waals surface area contributed by atoms with Crippen LogP contribution in [0.1, 0.15) is 27.0 Å². The largest absolute Gasteiger partial charge is 0.477 e. The van der Waals surface area contributed by atoms with Gasteiger partial charge in [0.25, 0.3) is 21.8 Å². The molecule has 42 heavy (non-hydrogen) atoms. The number of carbonyl (C=O) groups is 2. The quantitative estimate of drug-likeness (QED) is 0.347. The van der Waals surface area contributed by atoms with E-state index in [0.717, 1.165) is 16.7 Å². The van der Waals surface area contributed by atoms with Gasteiger partial charge in [0.1, 0.15) is 5.75 Å². The molecule has 2 aliphatic rings. The van der Waals surface area contributed by atoms with Crippen LogP contribution in [0.5, 0.6) is 5.75 Å². The van der Waals surface area contributed by atoms with Crippen molar-refractivity contribution in [1.82, 2.24) is 5.32 Å². The molecule has 2 heterocycles. The van der Waals surface area contributed by atoms with Crippen molar-refractivity contribution in [3.05, 3.63) is 119 Å². The van der Waals surface area contributed by atoms with Gasteiger partial charge in [0.15, 0.2) is 6.10 Å². The van der Waals surface area contributed by atoms with Crippen LogP contribution >= 0.6 is 0 Å². The highest BCUT2D eigenvalue weighted by atomic mass is 32.2. The first-order valence-electron chi connectivity index (χ1n) is 13.9. The van der Waals surface area contributed by atoms with Gasteiger partial charge in [-0.1, -0.05) is 60.2 Å². The van der Waals surface area contributed by atoms with Gasteiger partial charge in [-0.3, -0.25) is 13.9 Å². The molecule has 0 spiro atoms. The van der Waals surface area contributed by atoms with E-state index >= 15 is 0 Å². The van der Waals surface area contributed by atoms with E-state index in [-0.39, 0.29) is 23.3 Å². The Hall–Kier alpha value is -4.63. The van der Waals surface area contributed by atoms with Crippen LogP contribution in [-0.2, 0) is 27.7 Å². The topological polar surface area (TPSA) is 96.0 Å². The SMILES string of the molecule is Cc1ccc(S(=O)(=O)N2CCc3cc(C(=O)N4CC(C(=O)NCCc5ccccc5)Oc5ccccc54)ccc32)cc1. The smallest absolute Gasteiger partial charge is 0.264 e. The fourth-order valence-electron chi connectivity index (χ4n) is 5.40. The number of amides is 2. The Morgan fingerprint density at radius 1 is 0.905 bits per heavy atom. The highest BCUT2D eigenvalue weighted by Crippen LogP contribution is 2.37. The van der Waals surface area contributed by atoms with Crippen molar-refractivity contribution in [2.75, 3.05) is 28.8 Å². The Bertz CT molecular complexity index is 1740. The first-order valence-corrected chi connectivity index (χ1v) is 15.4. The number of rotatable bonds is 7. The zero-order chi connectivity index (χ0) is 29.3. The number of para-hydroxylation sites is 2. The summed E-state index contributed by atoms with van der Waals surface area (Å²) in [5.74, 6) is -0.114. The number of ether oxygens (including phenoxy) is 1. The summed E-state index contributed by atoms with van der Waals surface area (Å²) in [6.07, 6.45) is 0.307. The normalized spacial score (nSPS) is 15.9. The molecule has 0 saturated heterocycles. The lowest BCUT2D eigenvalue weighted by molar-refractivity contribution is -0.127. The lowest BCUT2D eigenvalue weighted by Crippen LogP contribution is -2.51. The van der Waals surface area contributed by atoms with E-state index in [1.165, 1.54) is 4.31 Å². The third kappa shape index (κ3) is 5.35. The summed E-state index contributed by atoms with van der Waals surface area (Å²) in [5, 5.41) is 2.94. The molecule has 0 aromatic heterocycles. The van der Waals surface area contributed by atoms with Gasteiger partial charge >= 0.3 is 0 Å². The van der Waals surface area contributed by atoms with Gasteiger partial charge in [-0.2, -0.15) is 0 Å². The van der Waals surface area contributed by atoms with Gasteiger partial charge in [-0.25, -0.2) is 8.42 Å². The maximum absolute atomic E-state index is 13.9. The number of nitrogens with one attached hydrogen (secondary N) is 1. The molecule has 1 N–H and O–H groups in total. The van der Waals surface area contributed by atoms with E-state index < -0.39 is 16.1 Å². The van der Waals surface area contributed by atoms with Gasteiger partial charge in [0, 0.05) is 18.7 Å². The van der Waals surface area contributed by atoms with Crippen molar-refractivity contribution < 1.29 is 22.7 Å². The minimum absolute atomic E-state index is 0.0536. The monoisotopic (exact) mass is 581 g/mol. The Morgan fingerprint density at radius 2 is 1.64 bits per heavy atom. The second-order valence-corrected chi connectivity index (χ2v) is 12.4. The fourth-order valence-corrected chi connectivity index (χ4v) is 6.90. The zero-order valence-corrected chi connectivity index (χ0v) is 24.0. The molecular weight excluding hydrogens is 550 g/mol. The van der Waals surface area contributed by atoms with Gasteiger partial charge in [0.2, 0.25) is 0 Å². The van der Waals surface area contributed by atoms with Crippen LogP contribution < -0.4 is 19.3 Å². The summed E-state index contributed by atoms with van der Waals surface area (Å²) in [5.41, 5.74) is 4.46. The summed E-state index contributed by atoms with van der Waals surface area (Å²) in [4.78, 5) is 28.8. The van der Waals surface area contributed by atoms with Crippen molar-refractivity contribution in [3.8, 4) is 5.75 Å². The number of hydrogen-bond acceptors (Lipinski definition) is 5. The predicted molar refractivity (Wildman–Crippen MR) is 162 cm³/mol. The van der Waals surface area contributed by atoms with E-state index in [1.54, 1.807) is 65.6 Å². The molecule has 214 valence electrons. The van der Waals surface area contributed by atoms with Crippen molar-refractivity contribution >= 4 is 33.2 Å². The van der Waals surface area contributed by atoms with Crippen molar-refractivity contribution in [1.29, 1.82) is 0 Å². The number of anilines is 2. The molecule has 2 aliphatic heterocycles. The van der Waals surface area contributed by atoms with Gasteiger partial charge in [-0.05, 0) is 73.4 Å². The number of hydrogen-bond donors (Lipinski definition) is 1. The average molecular weight is 582 g/mol.